The summed E-state index contributed by atoms with van der Waals surface area (Å²) in [5.41, 5.74) is 0.976. The second-order valence-corrected chi connectivity index (χ2v) is 4.44. The fraction of sp³-hybridized carbons (Fsp3) is 0.385. The summed E-state index contributed by atoms with van der Waals surface area (Å²) >= 11 is 5.99. The molecule has 0 bridgehead atoms. The molecule has 1 rings (SSSR count). The van der Waals surface area contributed by atoms with E-state index in [1.54, 1.807) is 18.2 Å². The maximum absolute atomic E-state index is 11.6. The van der Waals surface area contributed by atoms with Gasteiger partial charge in [-0.15, -0.1) is 12.4 Å². The molecule has 0 unspecified atom stereocenters. The fourth-order valence-electron chi connectivity index (χ4n) is 1.56. The molecule has 0 aromatic heterocycles. The van der Waals surface area contributed by atoms with E-state index < -0.39 is 0 Å². The van der Waals surface area contributed by atoms with E-state index >= 15 is 0 Å². The molecule has 0 spiro atoms. The largest absolute Gasteiger partial charge is 0.355 e. The average Bonchev–Trinajstić information content (AvgIpc) is 2.38. The Morgan fingerprint density at radius 2 is 1.95 bits per heavy atom. The Balaban J connectivity index is 0.00000361. The van der Waals surface area contributed by atoms with Crippen molar-refractivity contribution in [3.05, 3.63) is 28.8 Å². The van der Waals surface area contributed by atoms with Crippen LogP contribution in [0.3, 0.4) is 0 Å². The van der Waals surface area contributed by atoms with E-state index in [0.29, 0.717) is 22.7 Å². The van der Waals surface area contributed by atoms with Crippen molar-refractivity contribution in [2.45, 2.75) is 12.8 Å². The van der Waals surface area contributed by atoms with E-state index in [4.69, 9.17) is 11.6 Å². The van der Waals surface area contributed by atoms with E-state index in [1.807, 2.05) is 7.05 Å². The Bertz CT molecular complexity index is 467. The molecular weight excluding hydrogens is 301 g/mol. The molecule has 5 nitrogen and oxygen atoms in total. The summed E-state index contributed by atoms with van der Waals surface area (Å²) < 4.78 is 0. The van der Waals surface area contributed by atoms with Crippen molar-refractivity contribution in [1.29, 1.82) is 0 Å². The molecule has 0 aliphatic carbocycles. The van der Waals surface area contributed by atoms with Crippen molar-refractivity contribution in [3.63, 3.8) is 0 Å². The first kappa shape index (κ1) is 18.7. The van der Waals surface area contributed by atoms with Gasteiger partial charge in [-0.05, 0) is 38.2 Å². The molecule has 112 valence electrons. The summed E-state index contributed by atoms with van der Waals surface area (Å²) in [4.78, 5) is 23.1. The van der Waals surface area contributed by atoms with Crippen LogP contribution in [0.15, 0.2) is 18.2 Å². The van der Waals surface area contributed by atoms with Crippen LogP contribution in [0, 0.1) is 0 Å². The third-order valence-corrected chi connectivity index (χ3v) is 2.87. The van der Waals surface area contributed by atoms with Gasteiger partial charge in [0.15, 0.2) is 0 Å². The highest BCUT2D eigenvalue weighted by molar-refractivity contribution is 6.34. The fourth-order valence-corrected chi connectivity index (χ4v) is 1.83. The van der Waals surface area contributed by atoms with Gasteiger partial charge in [-0.2, -0.15) is 0 Å². The zero-order chi connectivity index (χ0) is 14.3. The molecule has 0 fully saturated rings. The number of amides is 2. The summed E-state index contributed by atoms with van der Waals surface area (Å²) in [5.74, 6) is -0.323. The monoisotopic (exact) mass is 319 g/mol. The lowest BCUT2D eigenvalue weighted by molar-refractivity contribution is -0.116. The minimum absolute atomic E-state index is 0. The number of hydrogen-bond acceptors (Lipinski definition) is 3. The van der Waals surface area contributed by atoms with Crippen LogP contribution in [-0.2, 0) is 4.79 Å². The summed E-state index contributed by atoms with van der Waals surface area (Å²) in [7, 11) is 3.38. The molecule has 1 aromatic carbocycles. The normalized spacial score (nSPS) is 9.55. The van der Waals surface area contributed by atoms with Crippen LogP contribution in [0.4, 0.5) is 5.69 Å². The second kappa shape index (κ2) is 9.58. The Hall–Kier alpha value is -1.30. The lowest BCUT2D eigenvalue weighted by Gasteiger charge is -2.08. The highest BCUT2D eigenvalue weighted by atomic mass is 35.5. The summed E-state index contributed by atoms with van der Waals surface area (Å²) in [5, 5.41) is 8.53. The highest BCUT2D eigenvalue weighted by Gasteiger charge is 2.10. The van der Waals surface area contributed by atoms with Gasteiger partial charge in [-0.25, -0.2) is 0 Å². The number of carbonyl (C=O) groups is 2. The molecule has 2 amide bonds. The van der Waals surface area contributed by atoms with Crippen LogP contribution in [0.2, 0.25) is 5.02 Å². The number of nitrogens with one attached hydrogen (secondary N) is 3. The van der Waals surface area contributed by atoms with Gasteiger partial charge < -0.3 is 16.0 Å². The maximum Gasteiger partial charge on any atom is 0.252 e. The molecule has 0 saturated carbocycles. The van der Waals surface area contributed by atoms with Crippen molar-refractivity contribution in [3.8, 4) is 0 Å². The van der Waals surface area contributed by atoms with E-state index in [9.17, 15) is 9.59 Å². The molecule has 0 atom stereocenters. The number of hydrogen-bond donors (Lipinski definition) is 3. The number of rotatable bonds is 6. The van der Waals surface area contributed by atoms with Crippen molar-refractivity contribution in [1.82, 2.24) is 10.6 Å². The third-order valence-electron chi connectivity index (χ3n) is 2.56. The van der Waals surface area contributed by atoms with Crippen LogP contribution in [0.1, 0.15) is 23.2 Å². The molecular formula is C13H19Cl2N3O2. The first-order valence-electron chi connectivity index (χ1n) is 6.04. The van der Waals surface area contributed by atoms with Crippen molar-refractivity contribution < 1.29 is 9.59 Å². The summed E-state index contributed by atoms with van der Waals surface area (Å²) in [6.45, 7) is 0.795. The average molecular weight is 320 g/mol. The van der Waals surface area contributed by atoms with Crippen LogP contribution < -0.4 is 16.0 Å². The molecule has 0 radical (unpaired) electrons. The van der Waals surface area contributed by atoms with Gasteiger partial charge in [0.1, 0.15) is 0 Å². The van der Waals surface area contributed by atoms with Crippen molar-refractivity contribution in [2.75, 3.05) is 26.0 Å². The molecule has 20 heavy (non-hydrogen) atoms. The number of anilines is 1. The number of halogens is 2. The molecule has 7 heteroatoms. The first-order valence-corrected chi connectivity index (χ1v) is 6.42. The Morgan fingerprint density at radius 3 is 2.50 bits per heavy atom. The van der Waals surface area contributed by atoms with E-state index in [1.165, 1.54) is 7.05 Å². The minimum atomic E-state index is -0.253. The predicted octanol–water partition coefficient (Wildman–Crippen LogP) is 2.06. The molecule has 3 N–H and O–H groups in total. The topological polar surface area (TPSA) is 70.2 Å². The quantitative estimate of drug-likeness (QED) is 0.703. The summed E-state index contributed by atoms with van der Waals surface area (Å²) in [6.07, 6.45) is 1.21. The van der Waals surface area contributed by atoms with Gasteiger partial charge in [-0.1, -0.05) is 11.6 Å². The summed E-state index contributed by atoms with van der Waals surface area (Å²) in [6, 6.07) is 4.82. The first-order chi connectivity index (χ1) is 9.08. The number of carbonyl (C=O) groups excluding carboxylic acids is 2. The van der Waals surface area contributed by atoms with Gasteiger partial charge in [0.25, 0.3) is 5.91 Å². The van der Waals surface area contributed by atoms with Gasteiger partial charge in [0.05, 0.1) is 10.6 Å². The minimum Gasteiger partial charge on any atom is -0.355 e. The van der Waals surface area contributed by atoms with Crippen LogP contribution in [0.5, 0.6) is 0 Å². The van der Waals surface area contributed by atoms with Crippen LogP contribution >= 0.6 is 24.0 Å². The van der Waals surface area contributed by atoms with Crippen LogP contribution in [-0.4, -0.2) is 32.5 Å². The lowest BCUT2D eigenvalue weighted by Crippen LogP contribution is -2.18. The lowest BCUT2D eigenvalue weighted by atomic mass is 10.2. The maximum atomic E-state index is 11.6. The third kappa shape index (κ3) is 5.77. The smallest absolute Gasteiger partial charge is 0.252 e. The van der Waals surface area contributed by atoms with Crippen molar-refractivity contribution >= 4 is 41.5 Å². The zero-order valence-electron chi connectivity index (χ0n) is 11.5. The van der Waals surface area contributed by atoms with Crippen molar-refractivity contribution in [2.24, 2.45) is 0 Å². The standard InChI is InChI=1S/C13H18ClN3O2.ClH/c1-15-7-3-4-12(18)17-9-5-6-10(11(14)8-9)13(19)16-2;/h5-6,8,15H,3-4,7H2,1-2H3,(H,16,19)(H,17,18);1H. The Kier molecular flexibility index (Phi) is 8.96. The van der Waals surface area contributed by atoms with Gasteiger partial charge in [-0.3, -0.25) is 9.59 Å². The number of benzene rings is 1. The zero-order valence-corrected chi connectivity index (χ0v) is 13.0. The SMILES string of the molecule is CNCCCC(=O)Nc1ccc(C(=O)NC)c(Cl)c1.Cl. The molecule has 0 aliphatic heterocycles. The van der Waals surface area contributed by atoms with Gasteiger partial charge in [0.2, 0.25) is 5.91 Å². The van der Waals surface area contributed by atoms with Crippen LogP contribution in [0.25, 0.3) is 0 Å². The van der Waals surface area contributed by atoms with E-state index in [2.05, 4.69) is 16.0 Å². The Morgan fingerprint density at radius 1 is 1.25 bits per heavy atom. The molecule has 1 aromatic rings. The molecule has 0 aliphatic rings. The van der Waals surface area contributed by atoms with E-state index in [-0.39, 0.29) is 24.2 Å². The van der Waals surface area contributed by atoms with E-state index in [0.717, 1.165) is 13.0 Å². The molecule has 0 saturated heterocycles. The molecule has 0 heterocycles. The van der Waals surface area contributed by atoms with Gasteiger partial charge in [0, 0.05) is 19.2 Å². The van der Waals surface area contributed by atoms with Gasteiger partial charge >= 0.3 is 0 Å². The highest BCUT2D eigenvalue weighted by Crippen LogP contribution is 2.21. The Labute approximate surface area is 129 Å². The second-order valence-electron chi connectivity index (χ2n) is 4.03. The predicted molar refractivity (Wildman–Crippen MR) is 83.9 cm³/mol.